The number of amides is 1. The number of furan rings is 1. The maximum Gasteiger partial charge on any atom is 0.265 e. The summed E-state index contributed by atoms with van der Waals surface area (Å²) >= 11 is 0. The van der Waals surface area contributed by atoms with E-state index in [4.69, 9.17) is 4.42 Å². The Labute approximate surface area is 178 Å². The first-order chi connectivity index (χ1) is 14.9. The fourth-order valence-corrected chi connectivity index (χ4v) is 4.78. The van der Waals surface area contributed by atoms with E-state index >= 15 is 0 Å². The molecule has 0 spiro atoms. The van der Waals surface area contributed by atoms with Gasteiger partial charge in [0.15, 0.2) is 0 Å². The summed E-state index contributed by atoms with van der Waals surface area (Å²) in [5.74, 6) is -0.517. The van der Waals surface area contributed by atoms with E-state index in [-0.39, 0.29) is 17.1 Å². The van der Waals surface area contributed by atoms with Crippen molar-refractivity contribution in [3.05, 3.63) is 90.9 Å². The Balaban J connectivity index is 1.70. The standard InChI is InChI=1S/C22H18FN3O4S/c23-17-6-8-18(9-7-17)26(15-22(27)25-14-19-4-2-12-30-19)31(28,29)21-5-1-3-16-13-24-11-10-20(16)21/h1-13H,14-15H2,(H,25,27). The predicted octanol–water partition coefficient (Wildman–Crippen LogP) is 3.48. The normalized spacial score (nSPS) is 11.4. The summed E-state index contributed by atoms with van der Waals surface area (Å²) < 4.78 is 46.8. The SMILES string of the molecule is O=C(CN(c1ccc(F)cc1)S(=O)(=O)c1cccc2cnccc12)NCc1ccco1. The van der Waals surface area contributed by atoms with E-state index in [2.05, 4.69) is 10.3 Å². The van der Waals surface area contributed by atoms with Crippen LogP contribution in [0.25, 0.3) is 10.8 Å². The monoisotopic (exact) mass is 439 g/mol. The first-order valence-electron chi connectivity index (χ1n) is 9.35. The molecule has 0 aliphatic heterocycles. The highest BCUT2D eigenvalue weighted by Gasteiger charge is 2.28. The number of carbonyl (C=O) groups is 1. The molecule has 0 bridgehead atoms. The second-order valence-electron chi connectivity index (χ2n) is 6.70. The second-order valence-corrected chi connectivity index (χ2v) is 8.53. The van der Waals surface area contributed by atoms with Crippen LogP contribution in [0.5, 0.6) is 0 Å². The van der Waals surface area contributed by atoms with Gasteiger partial charge in [0.25, 0.3) is 10.0 Å². The van der Waals surface area contributed by atoms with Crippen LogP contribution in [0.1, 0.15) is 5.76 Å². The van der Waals surface area contributed by atoms with Crippen LogP contribution in [0.15, 0.2) is 88.6 Å². The van der Waals surface area contributed by atoms with Gasteiger partial charge in [-0.25, -0.2) is 12.8 Å². The van der Waals surface area contributed by atoms with Crippen LogP contribution in [0, 0.1) is 5.82 Å². The Morgan fingerprint density at radius 2 is 1.87 bits per heavy atom. The first kappa shape index (κ1) is 20.5. The van der Waals surface area contributed by atoms with Gasteiger partial charge in [-0.3, -0.25) is 14.1 Å². The van der Waals surface area contributed by atoms with E-state index in [1.54, 1.807) is 36.5 Å². The first-order valence-corrected chi connectivity index (χ1v) is 10.8. The summed E-state index contributed by atoms with van der Waals surface area (Å²) in [5, 5.41) is 3.75. The van der Waals surface area contributed by atoms with Gasteiger partial charge >= 0.3 is 0 Å². The molecule has 2 aromatic heterocycles. The highest BCUT2D eigenvalue weighted by atomic mass is 32.2. The second kappa shape index (κ2) is 8.57. The maximum absolute atomic E-state index is 13.6. The minimum absolute atomic E-state index is 0.0237. The van der Waals surface area contributed by atoms with Crippen LogP contribution in [0.2, 0.25) is 0 Å². The fraction of sp³-hybridized carbons (Fsp3) is 0.0909. The van der Waals surface area contributed by atoms with Gasteiger partial charge in [-0.15, -0.1) is 0 Å². The molecule has 2 aromatic carbocycles. The van der Waals surface area contributed by atoms with Crippen molar-refractivity contribution < 1.29 is 22.0 Å². The van der Waals surface area contributed by atoms with Crippen molar-refractivity contribution in [3.8, 4) is 0 Å². The lowest BCUT2D eigenvalue weighted by molar-refractivity contribution is -0.119. The molecule has 0 saturated heterocycles. The van der Waals surface area contributed by atoms with Gasteiger partial charge < -0.3 is 9.73 Å². The largest absolute Gasteiger partial charge is 0.467 e. The van der Waals surface area contributed by atoms with Crippen molar-refractivity contribution >= 4 is 32.4 Å². The summed E-state index contributed by atoms with van der Waals surface area (Å²) in [6.45, 7) is -0.376. The lowest BCUT2D eigenvalue weighted by atomic mass is 10.2. The molecule has 0 radical (unpaired) electrons. The molecule has 0 aliphatic rings. The quantitative estimate of drug-likeness (QED) is 0.476. The molecule has 0 saturated carbocycles. The number of pyridine rings is 1. The number of fused-ring (bicyclic) bond motifs is 1. The average molecular weight is 439 g/mol. The Morgan fingerprint density at radius 3 is 2.61 bits per heavy atom. The number of hydrogen-bond donors (Lipinski definition) is 1. The number of nitrogens with one attached hydrogen (secondary N) is 1. The lowest BCUT2D eigenvalue weighted by Gasteiger charge is -2.24. The Morgan fingerprint density at radius 1 is 1.06 bits per heavy atom. The number of carbonyl (C=O) groups excluding carboxylic acids is 1. The Kier molecular flexibility index (Phi) is 5.68. The average Bonchev–Trinajstić information content (AvgIpc) is 3.30. The van der Waals surface area contributed by atoms with Crippen LogP contribution >= 0.6 is 0 Å². The van der Waals surface area contributed by atoms with E-state index in [1.807, 2.05) is 0 Å². The number of aromatic nitrogens is 1. The summed E-state index contributed by atoms with van der Waals surface area (Å²) in [4.78, 5) is 16.6. The number of sulfonamides is 1. The zero-order valence-corrected chi connectivity index (χ0v) is 17.0. The maximum atomic E-state index is 13.6. The topological polar surface area (TPSA) is 92.5 Å². The molecular weight excluding hydrogens is 421 g/mol. The minimum Gasteiger partial charge on any atom is -0.467 e. The highest BCUT2D eigenvalue weighted by molar-refractivity contribution is 7.93. The van der Waals surface area contributed by atoms with Gasteiger partial charge in [0.05, 0.1) is 23.4 Å². The Bertz CT molecular complexity index is 1300. The van der Waals surface area contributed by atoms with Gasteiger partial charge in [0.1, 0.15) is 18.1 Å². The number of anilines is 1. The van der Waals surface area contributed by atoms with E-state index < -0.39 is 28.3 Å². The zero-order valence-electron chi connectivity index (χ0n) is 16.2. The van der Waals surface area contributed by atoms with Crippen molar-refractivity contribution in [2.75, 3.05) is 10.8 Å². The third-order valence-corrected chi connectivity index (χ3v) is 6.48. The highest BCUT2D eigenvalue weighted by Crippen LogP contribution is 2.28. The number of benzene rings is 2. The molecule has 4 rings (SSSR count). The molecule has 0 atom stereocenters. The minimum atomic E-state index is -4.16. The van der Waals surface area contributed by atoms with Gasteiger partial charge in [-0.05, 0) is 48.5 Å². The smallest absolute Gasteiger partial charge is 0.265 e. The lowest BCUT2D eigenvalue weighted by Crippen LogP contribution is -2.40. The third-order valence-electron chi connectivity index (χ3n) is 4.65. The zero-order chi connectivity index (χ0) is 21.8. The summed E-state index contributed by atoms with van der Waals surface area (Å²) in [5.41, 5.74) is 0.167. The molecule has 31 heavy (non-hydrogen) atoms. The molecule has 158 valence electrons. The van der Waals surface area contributed by atoms with Crippen LogP contribution in [0.3, 0.4) is 0 Å². The summed E-state index contributed by atoms with van der Waals surface area (Å²) in [7, 11) is -4.16. The van der Waals surface area contributed by atoms with Gasteiger partial charge in [0, 0.05) is 23.2 Å². The molecular formula is C22H18FN3O4S. The molecule has 0 fully saturated rings. The van der Waals surface area contributed by atoms with Crippen LogP contribution < -0.4 is 9.62 Å². The fourth-order valence-electron chi connectivity index (χ4n) is 3.14. The third kappa shape index (κ3) is 4.41. The number of nitrogens with zero attached hydrogens (tertiary/aromatic N) is 2. The van der Waals surface area contributed by atoms with Crippen LogP contribution in [-0.2, 0) is 21.4 Å². The van der Waals surface area contributed by atoms with Gasteiger partial charge in [0.2, 0.25) is 5.91 Å². The molecule has 7 nitrogen and oxygen atoms in total. The van der Waals surface area contributed by atoms with E-state index in [0.717, 1.165) is 16.4 Å². The van der Waals surface area contributed by atoms with Gasteiger partial charge in [-0.1, -0.05) is 12.1 Å². The van der Waals surface area contributed by atoms with E-state index in [1.165, 1.54) is 30.7 Å². The molecule has 1 N–H and O–H groups in total. The van der Waals surface area contributed by atoms with Crippen LogP contribution in [-0.4, -0.2) is 25.9 Å². The number of rotatable bonds is 7. The van der Waals surface area contributed by atoms with E-state index in [9.17, 15) is 17.6 Å². The number of halogens is 1. The van der Waals surface area contributed by atoms with Crippen molar-refractivity contribution in [2.45, 2.75) is 11.4 Å². The Hall–Kier alpha value is -3.72. The van der Waals surface area contributed by atoms with Gasteiger partial charge in [-0.2, -0.15) is 0 Å². The van der Waals surface area contributed by atoms with E-state index in [0.29, 0.717) is 16.5 Å². The van der Waals surface area contributed by atoms with Crippen molar-refractivity contribution in [1.82, 2.24) is 10.3 Å². The van der Waals surface area contributed by atoms with Crippen molar-refractivity contribution in [2.24, 2.45) is 0 Å². The number of hydrogen-bond acceptors (Lipinski definition) is 5. The molecule has 1 amide bonds. The summed E-state index contributed by atoms with van der Waals surface area (Å²) in [6, 6.07) is 14.7. The summed E-state index contributed by atoms with van der Waals surface area (Å²) in [6.07, 6.45) is 4.54. The molecule has 4 aromatic rings. The van der Waals surface area contributed by atoms with Crippen molar-refractivity contribution in [1.29, 1.82) is 0 Å². The predicted molar refractivity (Wildman–Crippen MR) is 113 cm³/mol. The molecule has 9 heteroatoms. The molecule has 0 unspecified atom stereocenters. The van der Waals surface area contributed by atoms with Crippen LogP contribution in [0.4, 0.5) is 10.1 Å². The van der Waals surface area contributed by atoms with Crippen molar-refractivity contribution in [3.63, 3.8) is 0 Å². The molecule has 0 aliphatic carbocycles. The molecule has 2 heterocycles.